The molecule has 5 heteroatoms. The summed E-state index contributed by atoms with van der Waals surface area (Å²) in [5, 5.41) is 3.25. The second kappa shape index (κ2) is 7.35. The van der Waals surface area contributed by atoms with Crippen molar-refractivity contribution < 1.29 is 9.53 Å². The highest BCUT2D eigenvalue weighted by Crippen LogP contribution is 2.19. The Morgan fingerprint density at radius 2 is 1.57 bits per heavy atom. The quantitative estimate of drug-likeness (QED) is 0.862. The van der Waals surface area contributed by atoms with Crippen LogP contribution in [0.1, 0.15) is 10.4 Å². The average Bonchev–Trinajstić information content (AvgIpc) is 2.63. The second-order valence-corrected chi connectivity index (χ2v) is 5.69. The zero-order valence-corrected chi connectivity index (χ0v) is 13.5. The van der Waals surface area contributed by atoms with E-state index in [1.165, 1.54) is 0 Å². The lowest BCUT2D eigenvalue weighted by Crippen LogP contribution is -2.47. The second-order valence-electron chi connectivity index (χ2n) is 5.30. The minimum atomic E-state index is -0.180. The van der Waals surface area contributed by atoms with Crippen LogP contribution in [0.4, 0.5) is 0 Å². The van der Waals surface area contributed by atoms with Crippen molar-refractivity contribution in [2.45, 2.75) is 0 Å². The SMILES string of the molecule is O=C(NC(=S)N1CCOCC1)c1ccc(-c2ccccc2)cc1. The Morgan fingerprint density at radius 1 is 0.957 bits per heavy atom. The molecule has 1 saturated heterocycles. The number of carbonyl (C=O) groups is 1. The Hall–Kier alpha value is -2.24. The van der Waals surface area contributed by atoms with E-state index in [0.29, 0.717) is 37.0 Å². The van der Waals surface area contributed by atoms with Gasteiger partial charge in [0.05, 0.1) is 13.2 Å². The van der Waals surface area contributed by atoms with Gasteiger partial charge in [0.15, 0.2) is 5.11 Å². The van der Waals surface area contributed by atoms with Crippen LogP contribution in [-0.4, -0.2) is 42.2 Å². The lowest BCUT2D eigenvalue weighted by Gasteiger charge is -2.28. The van der Waals surface area contributed by atoms with E-state index in [1.54, 1.807) is 0 Å². The third-order valence-electron chi connectivity index (χ3n) is 3.77. The minimum Gasteiger partial charge on any atom is -0.378 e. The zero-order valence-electron chi connectivity index (χ0n) is 12.7. The van der Waals surface area contributed by atoms with Gasteiger partial charge in [-0.2, -0.15) is 0 Å². The molecule has 2 aromatic rings. The standard InChI is InChI=1S/C18H18N2O2S/c21-17(19-18(23)20-10-12-22-13-11-20)16-8-6-15(7-9-16)14-4-2-1-3-5-14/h1-9H,10-13H2,(H,19,21,23). The first-order valence-electron chi connectivity index (χ1n) is 7.57. The maximum atomic E-state index is 12.3. The summed E-state index contributed by atoms with van der Waals surface area (Å²) in [7, 11) is 0. The fraction of sp³-hybridized carbons (Fsp3) is 0.222. The predicted octanol–water partition coefficient (Wildman–Crippen LogP) is 2.70. The van der Waals surface area contributed by atoms with E-state index in [2.05, 4.69) is 5.32 Å². The Morgan fingerprint density at radius 3 is 2.22 bits per heavy atom. The molecule has 2 aromatic carbocycles. The summed E-state index contributed by atoms with van der Waals surface area (Å²) in [6, 6.07) is 17.6. The Balaban J connectivity index is 1.64. The van der Waals surface area contributed by atoms with Gasteiger partial charge in [-0.25, -0.2) is 0 Å². The summed E-state index contributed by atoms with van der Waals surface area (Å²) in [6.07, 6.45) is 0. The lowest BCUT2D eigenvalue weighted by molar-refractivity contribution is 0.0669. The van der Waals surface area contributed by atoms with Crippen molar-refractivity contribution in [1.82, 2.24) is 10.2 Å². The van der Waals surface area contributed by atoms with Gasteiger partial charge in [0, 0.05) is 18.7 Å². The maximum Gasteiger partial charge on any atom is 0.257 e. The largest absolute Gasteiger partial charge is 0.378 e. The molecule has 1 heterocycles. The summed E-state index contributed by atoms with van der Waals surface area (Å²) in [4.78, 5) is 14.2. The van der Waals surface area contributed by atoms with E-state index in [9.17, 15) is 4.79 Å². The number of nitrogens with one attached hydrogen (secondary N) is 1. The normalized spacial score (nSPS) is 14.3. The first-order chi connectivity index (χ1) is 11.2. The fourth-order valence-corrected chi connectivity index (χ4v) is 2.73. The smallest absolute Gasteiger partial charge is 0.257 e. The van der Waals surface area contributed by atoms with Gasteiger partial charge in [0.25, 0.3) is 5.91 Å². The summed E-state index contributed by atoms with van der Waals surface area (Å²) >= 11 is 5.29. The molecule has 0 atom stereocenters. The number of morpholine rings is 1. The van der Waals surface area contributed by atoms with Crippen LogP contribution < -0.4 is 5.32 Å². The van der Waals surface area contributed by atoms with Crippen molar-refractivity contribution in [2.24, 2.45) is 0 Å². The molecular formula is C18H18N2O2S. The number of nitrogens with zero attached hydrogens (tertiary/aromatic N) is 1. The molecule has 0 unspecified atom stereocenters. The number of amides is 1. The minimum absolute atomic E-state index is 0.180. The number of benzene rings is 2. The lowest BCUT2D eigenvalue weighted by atomic mass is 10.0. The number of thiocarbonyl (C=S) groups is 1. The highest BCUT2D eigenvalue weighted by Gasteiger charge is 2.16. The highest BCUT2D eigenvalue weighted by molar-refractivity contribution is 7.80. The van der Waals surface area contributed by atoms with Crippen LogP contribution in [0.15, 0.2) is 54.6 Å². The van der Waals surface area contributed by atoms with Crippen LogP contribution >= 0.6 is 12.2 Å². The van der Waals surface area contributed by atoms with Gasteiger partial charge >= 0.3 is 0 Å². The summed E-state index contributed by atoms with van der Waals surface area (Å²) in [5.74, 6) is -0.180. The van der Waals surface area contributed by atoms with Gasteiger partial charge < -0.3 is 9.64 Å². The Bertz CT molecular complexity index is 680. The molecule has 3 rings (SSSR count). The summed E-state index contributed by atoms with van der Waals surface area (Å²) in [6.45, 7) is 2.71. The molecule has 4 nitrogen and oxygen atoms in total. The molecular weight excluding hydrogens is 308 g/mol. The molecule has 0 saturated carbocycles. The Kier molecular flexibility index (Phi) is 5.00. The van der Waals surface area contributed by atoms with Crippen LogP contribution in [0, 0.1) is 0 Å². The molecule has 118 valence electrons. The van der Waals surface area contributed by atoms with Crippen molar-refractivity contribution in [2.75, 3.05) is 26.3 Å². The van der Waals surface area contributed by atoms with Gasteiger partial charge in [-0.1, -0.05) is 42.5 Å². The van der Waals surface area contributed by atoms with Gasteiger partial charge in [0.2, 0.25) is 0 Å². The molecule has 0 bridgehead atoms. The maximum absolute atomic E-state index is 12.3. The van der Waals surface area contributed by atoms with Crippen molar-refractivity contribution >= 4 is 23.2 Å². The van der Waals surface area contributed by atoms with E-state index < -0.39 is 0 Å². The highest BCUT2D eigenvalue weighted by atomic mass is 32.1. The molecule has 1 N–H and O–H groups in total. The average molecular weight is 326 g/mol. The zero-order chi connectivity index (χ0) is 16.1. The van der Waals surface area contributed by atoms with E-state index in [-0.39, 0.29) is 5.91 Å². The molecule has 0 aromatic heterocycles. The third kappa shape index (κ3) is 3.94. The molecule has 23 heavy (non-hydrogen) atoms. The van der Waals surface area contributed by atoms with Crippen molar-refractivity contribution in [3.63, 3.8) is 0 Å². The van der Waals surface area contributed by atoms with E-state index >= 15 is 0 Å². The van der Waals surface area contributed by atoms with Crippen molar-refractivity contribution in [3.05, 3.63) is 60.2 Å². The number of rotatable bonds is 2. The third-order valence-corrected chi connectivity index (χ3v) is 4.13. The number of hydrogen-bond donors (Lipinski definition) is 1. The van der Waals surface area contributed by atoms with Gasteiger partial charge in [-0.3, -0.25) is 10.1 Å². The first-order valence-corrected chi connectivity index (χ1v) is 7.98. The monoisotopic (exact) mass is 326 g/mol. The van der Waals surface area contributed by atoms with E-state index in [0.717, 1.165) is 11.1 Å². The number of hydrogen-bond acceptors (Lipinski definition) is 3. The molecule has 1 aliphatic rings. The summed E-state index contributed by atoms with van der Waals surface area (Å²) < 4.78 is 5.28. The van der Waals surface area contributed by atoms with Crippen LogP contribution in [0.2, 0.25) is 0 Å². The molecule has 1 amide bonds. The van der Waals surface area contributed by atoms with Gasteiger partial charge in [-0.15, -0.1) is 0 Å². The molecule has 0 radical (unpaired) electrons. The van der Waals surface area contributed by atoms with Crippen LogP contribution in [0.5, 0.6) is 0 Å². The summed E-state index contributed by atoms with van der Waals surface area (Å²) in [5.41, 5.74) is 2.81. The van der Waals surface area contributed by atoms with E-state index in [1.807, 2.05) is 59.5 Å². The molecule has 0 spiro atoms. The van der Waals surface area contributed by atoms with Gasteiger partial charge in [0.1, 0.15) is 0 Å². The molecule has 0 aliphatic carbocycles. The molecule has 1 fully saturated rings. The Labute approximate surface area is 141 Å². The van der Waals surface area contributed by atoms with Crippen molar-refractivity contribution in [3.8, 4) is 11.1 Å². The van der Waals surface area contributed by atoms with Gasteiger partial charge in [-0.05, 0) is 35.5 Å². The van der Waals surface area contributed by atoms with Crippen molar-refractivity contribution in [1.29, 1.82) is 0 Å². The van der Waals surface area contributed by atoms with Crippen LogP contribution in [0.3, 0.4) is 0 Å². The van der Waals surface area contributed by atoms with Crippen LogP contribution in [-0.2, 0) is 4.74 Å². The van der Waals surface area contributed by atoms with Crippen LogP contribution in [0.25, 0.3) is 11.1 Å². The fourth-order valence-electron chi connectivity index (χ4n) is 2.46. The first kappa shape index (κ1) is 15.6. The topological polar surface area (TPSA) is 41.6 Å². The van der Waals surface area contributed by atoms with E-state index in [4.69, 9.17) is 17.0 Å². The number of carbonyl (C=O) groups excluding carboxylic acids is 1. The molecule has 1 aliphatic heterocycles. The number of ether oxygens (including phenoxy) is 1. The predicted molar refractivity (Wildman–Crippen MR) is 94.3 cm³/mol.